The number of nitrogens with zero attached hydrogens (tertiary/aromatic N) is 1. The molecule has 0 aromatic heterocycles. The summed E-state index contributed by atoms with van der Waals surface area (Å²) in [5, 5.41) is 0. The fourth-order valence-electron chi connectivity index (χ4n) is 3.04. The second kappa shape index (κ2) is 8.76. The molecule has 0 spiro atoms. The van der Waals surface area contributed by atoms with Gasteiger partial charge in [0.25, 0.3) is 0 Å². The van der Waals surface area contributed by atoms with Crippen LogP contribution in [0.4, 0.5) is 0 Å². The van der Waals surface area contributed by atoms with Crippen molar-refractivity contribution in [2.75, 3.05) is 6.54 Å². The monoisotopic (exact) mass is 464 g/mol. The van der Waals surface area contributed by atoms with Crippen LogP contribution in [0.1, 0.15) is 36.0 Å². The van der Waals surface area contributed by atoms with Crippen LogP contribution in [-0.4, -0.2) is 31.8 Å². The minimum Gasteiger partial charge on any atom is -0.335 e. The number of rotatable bonds is 8. The van der Waals surface area contributed by atoms with Gasteiger partial charge in [0.05, 0.1) is 4.90 Å². The van der Waals surface area contributed by atoms with Crippen molar-refractivity contribution in [2.45, 2.75) is 50.6 Å². The van der Waals surface area contributed by atoms with Gasteiger partial charge in [-0.1, -0.05) is 34.1 Å². The molecule has 0 atom stereocenters. The molecule has 1 saturated carbocycles. The number of sulfonamides is 1. The summed E-state index contributed by atoms with van der Waals surface area (Å²) in [4.78, 5) is 14.8. The fourth-order valence-corrected chi connectivity index (χ4v) is 4.60. The SMILES string of the molecule is Cc1ccc(S(=O)(=O)NCCC(=O)N(Cc2cccc(Br)c2)C2CC2)cc1C. The third-order valence-electron chi connectivity index (χ3n) is 4.97. The van der Waals surface area contributed by atoms with E-state index in [0.717, 1.165) is 34.0 Å². The smallest absolute Gasteiger partial charge is 0.240 e. The standard InChI is InChI=1S/C21H25BrN2O3S/c1-15-6-9-20(12-16(15)2)28(26,27)23-11-10-21(25)24(19-7-8-19)14-17-4-3-5-18(22)13-17/h3-6,9,12-13,19,23H,7-8,10-11,14H2,1-2H3. The third-order valence-corrected chi connectivity index (χ3v) is 6.92. The molecule has 0 aliphatic heterocycles. The Morgan fingerprint density at radius 2 is 1.89 bits per heavy atom. The topological polar surface area (TPSA) is 66.5 Å². The summed E-state index contributed by atoms with van der Waals surface area (Å²) >= 11 is 3.46. The predicted molar refractivity (Wildman–Crippen MR) is 113 cm³/mol. The molecular formula is C21H25BrN2O3S. The van der Waals surface area contributed by atoms with Crippen LogP contribution in [0.3, 0.4) is 0 Å². The summed E-state index contributed by atoms with van der Waals surface area (Å²) in [7, 11) is -3.62. The second-order valence-corrected chi connectivity index (χ2v) is 9.96. The van der Waals surface area contributed by atoms with Gasteiger partial charge in [-0.3, -0.25) is 4.79 Å². The molecule has 150 valence electrons. The first-order valence-electron chi connectivity index (χ1n) is 9.37. The van der Waals surface area contributed by atoms with E-state index < -0.39 is 10.0 Å². The van der Waals surface area contributed by atoms with E-state index in [1.807, 2.05) is 43.0 Å². The molecular weight excluding hydrogens is 440 g/mol. The number of hydrogen-bond donors (Lipinski definition) is 1. The van der Waals surface area contributed by atoms with E-state index in [1.54, 1.807) is 18.2 Å². The number of aryl methyl sites for hydroxylation is 2. The van der Waals surface area contributed by atoms with Gasteiger partial charge in [-0.15, -0.1) is 0 Å². The van der Waals surface area contributed by atoms with Gasteiger partial charge in [-0.25, -0.2) is 13.1 Å². The van der Waals surface area contributed by atoms with Crippen molar-refractivity contribution in [1.82, 2.24) is 9.62 Å². The van der Waals surface area contributed by atoms with Crippen molar-refractivity contribution in [3.63, 3.8) is 0 Å². The molecule has 1 N–H and O–H groups in total. The Bertz CT molecular complexity index is 971. The molecule has 0 saturated heterocycles. The van der Waals surface area contributed by atoms with Gasteiger partial charge in [0.1, 0.15) is 0 Å². The normalized spacial score (nSPS) is 14.1. The predicted octanol–water partition coefficient (Wildman–Crippen LogP) is 3.93. The van der Waals surface area contributed by atoms with E-state index >= 15 is 0 Å². The lowest BCUT2D eigenvalue weighted by atomic mass is 10.1. The Morgan fingerprint density at radius 1 is 1.14 bits per heavy atom. The van der Waals surface area contributed by atoms with Crippen LogP contribution in [-0.2, 0) is 21.4 Å². The molecule has 1 amide bonds. The van der Waals surface area contributed by atoms with E-state index in [1.165, 1.54) is 0 Å². The van der Waals surface area contributed by atoms with Gasteiger partial charge in [-0.05, 0) is 67.6 Å². The van der Waals surface area contributed by atoms with Gasteiger partial charge >= 0.3 is 0 Å². The van der Waals surface area contributed by atoms with Crippen molar-refractivity contribution in [2.24, 2.45) is 0 Å². The van der Waals surface area contributed by atoms with E-state index in [9.17, 15) is 13.2 Å². The van der Waals surface area contributed by atoms with Gasteiger partial charge < -0.3 is 4.90 Å². The first-order chi connectivity index (χ1) is 13.3. The average Bonchev–Trinajstić information content (AvgIpc) is 3.46. The largest absolute Gasteiger partial charge is 0.335 e. The highest BCUT2D eigenvalue weighted by atomic mass is 79.9. The van der Waals surface area contributed by atoms with Gasteiger partial charge in [0.15, 0.2) is 0 Å². The highest BCUT2D eigenvalue weighted by Gasteiger charge is 2.32. The Labute approximate surface area is 175 Å². The lowest BCUT2D eigenvalue weighted by Gasteiger charge is -2.23. The van der Waals surface area contributed by atoms with Gasteiger partial charge in [0, 0.05) is 30.0 Å². The lowest BCUT2D eigenvalue weighted by Crippen LogP contribution is -2.35. The molecule has 1 aliphatic rings. The molecule has 0 unspecified atom stereocenters. The third kappa shape index (κ3) is 5.43. The number of halogens is 1. The van der Waals surface area contributed by atoms with E-state index in [4.69, 9.17) is 0 Å². The minimum atomic E-state index is -3.62. The zero-order chi connectivity index (χ0) is 20.3. The van der Waals surface area contributed by atoms with Crippen molar-refractivity contribution in [1.29, 1.82) is 0 Å². The fraction of sp³-hybridized carbons (Fsp3) is 0.381. The molecule has 0 radical (unpaired) electrons. The van der Waals surface area contributed by atoms with Crippen LogP contribution in [0.15, 0.2) is 51.8 Å². The molecule has 1 aliphatic carbocycles. The molecule has 7 heteroatoms. The summed E-state index contributed by atoms with van der Waals surface area (Å²) in [6, 6.07) is 13.2. The lowest BCUT2D eigenvalue weighted by molar-refractivity contribution is -0.132. The maximum Gasteiger partial charge on any atom is 0.240 e. The second-order valence-electron chi connectivity index (χ2n) is 7.28. The highest BCUT2D eigenvalue weighted by molar-refractivity contribution is 9.10. The molecule has 1 fully saturated rings. The Balaban J connectivity index is 1.59. The van der Waals surface area contributed by atoms with Crippen LogP contribution < -0.4 is 4.72 Å². The zero-order valence-electron chi connectivity index (χ0n) is 16.1. The number of carbonyl (C=O) groups is 1. The number of carbonyl (C=O) groups excluding carboxylic acids is 1. The molecule has 3 rings (SSSR count). The van der Waals surface area contributed by atoms with Crippen LogP contribution in [0.2, 0.25) is 0 Å². The first kappa shape index (κ1) is 21.0. The maximum absolute atomic E-state index is 12.7. The highest BCUT2D eigenvalue weighted by Crippen LogP contribution is 2.29. The average molecular weight is 465 g/mol. The van der Waals surface area contributed by atoms with Crippen LogP contribution >= 0.6 is 15.9 Å². The zero-order valence-corrected chi connectivity index (χ0v) is 18.5. The van der Waals surface area contributed by atoms with Crippen molar-refractivity contribution in [3.05, 3.63) is 63.6 Å². The molecule has 0 heterocycles. The summed E-state index contributed by atoms with van der Waals surface area (Å²) in [5.41, 5.74) is 3.03. The van der Waals surface area contributed by atoms with Crippen LogP contribution in [0.5, 0.6) is 0 Å². The van der Waals surface area contributed by atoms with E-state index in [-0.39, 0.29) is 29.8 Å². The van der Waals surface area contributed by atoms with Crippen molar-refractivity contribution in [3.8, 4) is 0 Å². The summed E-state index contributed by atoms with van der Waals surface area (Å²) in [6.07, 6.45) is 2.16. The number of nitrogens with one attached hydrogen (secondary N) is 1. The molecule has 2 aromatic rings. The number of amides is 1. The molecule has 0 bridgehead atoms. The minimum absolute atomic E-state index is 0.0229. The number of benzene rings is 2. The van der Waals surface area contributed by atoms with E-state index in [0.29, 0.717) is 6.54 Å². The van der Waals surface area contributed by atoms with Crippen molar-refractivity contribution >= 4 is 31.9 Å². The Kier molecular flexibility index (Phi) is 6.58. The molecule has 5 nitrogen and oxygen atoms in total. The first-order valence-corrected chi connectivity index (χ1v) is 11.6. The Hall–Kier alpha value is -1.70. The van der Waals surface area contributed by atoms with E-state index in [2.05, 4.69) is 20.7 Å². The maximum atomic E-state index is 12.7. The van der Waals surface area contributed by atoms with Gasteiger partial charge in [0.2, 0.25) is 15.9 Å². The molecule has 28 heavy (non-hydrogen) atoms. The van der Waals surface area contributed by atoms with Gasteiger partial charge in [-0.2, -0.15) is 0 Å². The summed E-state index contributed by atoms with van der Waals surface area (Å²) < 4.78 is 28.5. The summed E-state index contributed by atoms with van der Waals surface area (Å²) in [5.74, 6) is -0.0229. The number of hydrogen-bond acceptors (Lipinski definition) is 3. The summed E-state index contributed by atoms with van der Waals surface area (Å²) in [6.45, 7) is 4.46. The quantitative estimate of drug-likeness (QED) is 0.643. The van der Waals surface area contributed by atoms with Crippen LogP contribution in [0.25, 0.3) is 0 Å². The van der Waals surface area contributed by atoms with Crippen LogP contribution in [0, 0.1) is 13.8 Å². The molecule has 2 aromatic carbocycles. The van der Waals surface area contributed by atoms with Crippen molar-refractivity contribution < 1.29 is 13.2 Å². The Morgan fingerprint density at radius 3 is 2.54 bits per heavy atom.